The van der Waals surface area contributed by atoms with Crippen LogP contribution in [0.2, 0.25) is 0 Å². The summed E-state index contributed by atoms with van der Waals surface area (Å²) in [7, 11) is 1.43. The van der Waals surface area contributed by atoms with Crippen LogP contribution < -0.4 is 16.2 Å². The standard InChI is InChI=1S/C8H10FNO.C7H8FNO.2BrH.ClH/c1-11-7-4-2-3-6(5-10)8(7)9;8-7-5(4-9)2-1-3-6(7)10;;;/h2-4H,5,10H2,1H3;1-3,10H,4,9H2;3*1H. The van der Waals surface area contributed by atoms with Crippen molar-refractivity contribution in [2.45, 2.75) is 13.1 Å². The maximum atomic E-state index is 13.1. The Labute approximate surface area is 167 Å². The molecule has 9 heteroatoms. The quantitative estimate of drug-likeness (QED) is 0.605. The number of hydrogen-bond donors (Lipinski definition) is 3. The molecule has 0 aliphatic heterocycles. The third-order valence-electron chi connectivity index (χ3n) is 2.76. The predicted octanol–water partition coefficient (Wildman–Crippen LogP) is 3.86. The summed E-state index contributed by atoms with van der Waals surface area (Å²) in [6.45, 7) is 0.309. The third kappa shape index (κ3) is 7.76. The van der Waals surface area contributed by atoms with E-state index in [-0.39, 0.29) is 76.8 Å². The smallest absolute Gasteiger partial charge is 0.169 e. The van der Waals surface area contributed by atoms with Gasteiger partial charge in [0.05, 0.1) is 7.11 Å². The molecule has 0 amide bonds. The Morgan fingerprint density at radius 1 is 0.917 bits per heavy atom. The van der Waals surface area contributed by atoms with Gasteiger partial charge in [0.2, 0.25) is 0 Å². The molecule has 24 heavy (non-hydrogen) atoms. The number of nitrogens with two attached hydrogens (primary N) is 2. The SMILES string of the molecule is Br.Br.COc1cccc(CN)c1F.Cl.NCc1cccc(O)c1F. The highest BCUT2D eigenvalue weighted by Crippen LogP contribution is 2.19. The van der Waals surface area contributed by atoms with Crippen LogP contribution >= 0.6 is 46.4 Å². The molecule has 0 saturated heterocycles. The molecule has 0 aliphatic rings. The first-order chi connectivity index (χ1) is 10.0. The van der Waals surface area contributed by atoms with Gasteiger partial charge in [0.1, 0.15) is 0 Å². The number of methoxy groups -OCH3 is 1. The summed E-state index contributed by atoms with van der Waals surface area (Å²) in [6.07, 6.45) is 0. The molecule has 0 unspecified atom stereocenters. The highest BCUT2D eigenvalue weighted by Gasteiger charge is 2.05. The van der Waals surface area contributed by atoms with Gasteiger partial charge in [-0.1, -0.05) is 24.3 Å². The second kappa shape index (κ2) is 14.4. The van der Waals surface area contributed by atoms with Crippen molar-refractivity contribution in [1.29, 1.82) is 0 Å². The largest absolute Gasteiger partial charge is 0.505 e. The Morgan fingerprint density at radius 2 is 1.38 bits per heavy atom. The van der Waals surface area contributed by atoms with Gasteiger partial charge < -0.3 is 21.3 Å². The van der Waals surface area contributed by atoms with Crippen LogP contribution in [0.15, 0.2) is 36.4 Å². The first-order valence-electron chi connectivity index (χ1n) is 6.23. The molecule has 0 spiro atoms. The van der Waals surface area contributed by atoms with Crippen LogP contribution in [-0.4, -0.2) is 12.2 Å². The second-order valence-corrected chi connectivity index (χ2v) is 4.09. The minimum absolute atomic E-state index is 0. The van der Waals surface area contributed by atoms with E-state index < -0.39 is 5.82 Å². The average Bonchev–Trinajstić information content (AvgIpc) is 2.51. The van der Waals surface area contributed by atoms with Gasteiger partial charge in [-0.25, -0.2) is 8.78 Å². The van der Waals surface area contributed by atoms with Crippen LogP contribution in [0.25, 0.3) is 0 Å². The zero-order chi connectivity index (χ0) is 15.8. The summed E-state index contributed by atoms with van der Waals surface area (Å²) in [5.41, 5.74) is 11.3. The van der Waals surface area contributed by atoms with Crippen molar-refractivity contribution in [3.63, 3.8) is 0 Å². The van der Waals surface area contributed by atoms with Crippen molar-refractivity contribution in [1.82, 2.24) is 0 Å². The molecular formula is C15H21Br2ClF2N2O2. The van der Waals surface area contributed by atoms with E-state index in [1.54, 1.807) is 24.3 Å². The number of ether oxygens (including phenoxy) is 1. The molecule has 2 rings (SSSR count). The topological polar surface area (TPSA) is 81.5 Å². The van der Waals surface area contributed by atoms with Crippen molar-refractivity contribution >= 4 is 46.4 Å². The lowest BCUT2D eigenvalue weighted by atomic mass is 10.2. The van der Waals surface area contributed by atoms with Gasteiger partial charge in [-0.3, -0.25) is 0 Å². The normalized spacial score (nSPS) is 8.54. The molecule has 0 heterocycles. The van der Waals surface area contributed by atoms with E-state index >= 15 is 0 Å². The summed E-state index contributed by atoms with van der Waals surface area (Å²) < 4.78 is 30.5. The predicted molar refractivity (Wildman–Crippen MR) is 105 cm³/mol. The number of aromatic hydroxyl groups is 1. The lowest BCUT2D eigenvalue weighted by Gasteiger charge is -2.03. The number of halogens is 5. The Balaban J connectivity index is -0.000000328. The van der Waals surface area contributed by atoms with Crippen LogP contribution in [0.4, 0.5) is 8.78 Å². The van der Waals surface area contributed by atoms with E-state index in [4.69, 9.17) is 21.3 Å². The summed E-state index contributed by atoms with van der Waals surface area (Å²) in [5.74, 6) is -1.08. The van der Waals surface area contributed by atoms with Gasteiger partial charge in [0, 0.05) is 24.2 Å². The number of hydrogen-bond acceptors (Lipinski definition) is 4. The first kappa shape index (κ1) is 27.9. The maximum Gasteiger partial charge on any atom is 0.169 e. The summed E-state index contributed by atoms with van der Waals surface area (Å²) >= 11 is 0. The van der Waals surface area contributed by atoms with Crippen molar-refractivity contribution < 1.29 is 18.6 Å². The zero-order valence-corrected chi connectivity index (χ0v) is 17.1. The van der Waals surface area contributed by atoms with Gasteiger partial charge >= 0.3 is 0 Å². The van der Waals surface area contributed by atoms with Gasteiger partial charge in [-0.15, -0.1) is 46.4 Å². The van der Waals surface area contributed by atoms with Crippen LogP contribution in [-0.2, 0) is 13.1 Å². The average molecular weight is 495 g/mol. The number of phenolic OH excluding ortho intramolecular Hbond substituents is 1. The van der Waals surface area contributed by atoms with Crippen molar-refractivity contribution in [2.24, 2.45) is 11.5 Å². The van der Waals surface area contributed by atoms with Crippen LogP contribution in [0.3, 0.4) is 0 Å². The molecule has 0 bridgehead atoms. The Hall–Kier alpha value is -0.930. The Morgan fingerprint density at radius 3 is 1.79 bits per heavy atom. The van der Waals surface area contributed by atoms with E-state index in [0.29, 0.717) is 11.1 Å². The van der Waals surface area contributed by atoms with Crippen molar-refractivity contribution in [3.05, 3.63) is 59.2 Å². The molecule has 5 N–H and O–H groups in total. The number of benzene rings is 2. The van der Waals surface area contributed by atoms with E-state index in [9.17, 15) is 8.78 Å². The maximum absolute atomic E-state index is 13.1. The lowest BCUT2D eigenvalue weighted by molar-refractivity contribution is 0.384. The van der Waals surface area contributed by atoms with E-state index in [1.165, 1.54) is 19.2 Å². The summed E-state index contributed by atoms with van der Waals surface area (Å²) in [5, 5.41) is 8.80. The molecule has 0 fully saturated rings. The van der Waals surface area contributed by atoms with Crippen LogP contribution in [0.5, 0.6) is 11.5 Å². The zero-order valence-electron chi connectivity index (χ0n) is 12.9. The van der Waals surface area contributed by atoms with E-state index in [1.807, 2.05) is 0 Å². The van der Waals surface area contributed by atoms with E-state index in [2.05, 4.69) is 0 Å². The van der Waals surface area contributed by atoms with E-state index in [0.717, 1.165) is 0 Å². The van der Waals surface area contributed by atoms with Gasteiger partial charge in [0.25, 0.3) is 0 Å². The van der Waals surface area contributed by atoms with Gasteiger partial charge in [-0.05, 0) is 12.1 Å². The molecule has 0 radical (unpaired) electrons. The third-order valence-corrected chi connectivity index (χ3v) is 2.76. The monoisotopic (exact) mass is 492 g/mol. The number of phenols is 1. The first-order valence-corrected chi connectivity index (χ1v) is 6.23. The van der Waals surface area contributed by atoms with Gasteiger partial charge in [0.15, 0.2) is 23.1 Å². The fraction of sp³-hybridized carbons (Fsp3) is 0.200. The van der Waals surface area contributed by atoms with Crippen LogP contribution in [0, 0.1) is 11.6 Å². The fourth-order valence-electron chi connectivity index (χ4n) is 1.60. The Kier molecular flexibility index (Phi) is 16.8. The highest BCUT2D eigenvalue weighted by atomic mass is 79.9. The number of rotatable bonds is 3. The molecule has 2 aromatic rings. The molecule has 4 nitrogen and oxygen atoms in total. The minimum atomic E-state index is -0.620. The molecule has 0 aromatic heterocycles. The molecule has 0 aliphatic carbocycles. The van der Waals surface area contributed by atoms with Crippen LogP contribution in [0.1, 0.15) is 11.1 Å². The van der Waals surface area contributed by atoms with Gasteiger partial charge in [-0.2, -0.15) is 0 Å². The molecule has 138 valence electrons. The fourth-order valence-corrected chi connectivity index (χ4v) is 1.60. The summed E-state index contributed by atoms with van der Waals surface area (Å²) in [6, 6.07) is 9.29. The Bertz CT molecular complexity index is 585. The minimum Gasteiger partial charge on any atom is -0.505 e. The summed E-state index contributed by atoms with van der Waals surface area (Å²) in [4.78, 5) is 0. The van der Waals surface area contributed by atoms with Crippen molar-refractivity contribution in [2.75, 3.05) is 7.11 Å². The second-order valence-electron chi connectivity index (χ2n) is 4.09. The molecular weight excluding hydrogens is 473 g/mol. The lowest BCUT2D eigenvalue weighted by Crippen LogP contribution is -2.00. The molecule has 2 aromatic carbocycles. The molecule has 0 saturated carbocycles. The highest BCUT2D eigenvalue weighted by molar-refractivity contribution is 8.93. The molecule has 0 atom stereocenters. The van der Waals surface area contributed by atoms with Crippen molar-refractivity contribution in [3.8, 4) is 11.5 Å².